The summed E-state index contributed by atoms with van der Waals surface area (Å²) in [7, 11) is 0. The predicted octanol–water partition coefficient (Wildman–Crippen LogP) is 3.47. The van der Waals surface area contributed by atoms with Crippen molar-refractivity contribution in [2.24, 2.45) is 0 Å². The highest BCUT2D eigenvalue weighted by Crippen LogP contribution is 2.18. The van der Waals surface area contributed by atoms with E-state index in [1.807, 2.05) is 16.9 Å². The molecule has 1 fully saturated rings. The van der Waals surface area contributed by atoms with E-state index in [0.29, 0.717) is 0 Å². The molecule has 0 radical (unpaired) electrons. The Kier molecular flexibility index (Phi) is 4.49. The molecule has 0 bridgehead atoms. The van der Waals surface area contributed by atoms with Crippen molar-refractivity contribution in [3.8, 4) is 11.1 Å². The van der Waals surface area contributed by atoms with Gasteiger partial charge in [0.05, 0.1) is 12.7 Å². The van der Waals surface area contributed by atoms with Crippen LogP contribution in [0.3, 0.4) is 0 Å². The van der Waals surface area contributed by atoms with Gasteiger partial charge in [-0.1, -0.05) is 49.6 Å². The Morgan fingerprint density at radius 3 is 2.65 bits per heavy atom. The van der Waals surface area contributed by atoms with Crippen molar-refractivity contribution in [1.29, 1.82) is 0 Å². The highest BCUT2D eigenvalue weighted by Gasteiger charge is 2.11. The fourth-order valence-corrected chi connectivity index (χ4v) is 2.96. The monoisotopic (exact) mass is 269 g/mol. The lowest BCUT2D eigenvalue weighted by Crippen LogP contribution is -2.33. The van der Waals surface area contributed by atoms with Crippen LogP contribution in [0.15, 0.2) is 42.7 Å². The van der Waals surface area contributed by atoms with Gasteiger partial charge >= 0.3 is 0 Å². The number of hydrogen-bond donors (Lipinski definition) is 1. The van der Waals surface area contributed by atoms with Crippen molar-refractivity contribution in [2.75, 3.05) is 6.54 Å². The van der Waals surface area contributed by atoms with E-state index in [1.165, 1.54) is 43.2 Å². The largest absolute Gasteiger partial charge is 0.312 e. The molecule has 0 spiro atoms. The summed E-state index contributed by atoms with van der Waals surface area (Å²) in [6.07, 6.45) is 11.0. The molecule has 3 nitrogen and oxygen atoms in total. The van der Waals surface area contributed by atoms with Crippen LogP contribution < -0.4 is 5.32 Å². The highest BCUT2D eigenvalue weighted by molar-refractivity contribution is 5.61. The Morgan fingerprint density at radius 1 is 1.05 bits per heavy atom. The van der Waals surface area contributed by atoms with Crippen LogP contribution in [0.4, 0.5) is 0 Å². The molecule has 0 aliphatic heterocycles. The Labute approximate surface area is 121 Å². The Balaban J connectivity index is 1.50. The minimum absolute atomic E-state index is 0.730. The molecule has 2 aromatic rings. The van der Waals surface area contributed by atoms with E-state index in [2.05, 4.69) is 40.9 Å². The first-order chi connectivity index (χ1) is 9.92. The van der Waals surface area contributed by atoms with E-state index in [9.17, 15) is 0 Å². The average Bonchev–Trinajstić information content (AvgIpc) is 2.98. The topological polar surface area (TPSA) is 29.9 Å². The van der Waals surface area contributed by atoms with Gasteiger partial charge in [-0.3, -0.25) is 4.68 Å². The predicted molar refractivity (Wildman–Crippen MR) is 82.5 cm³/mol. The molecular weight excluding hydrogens is 246 g/mol. The molecule has 0 atom stereocenters. The Hall–Kier alpha value is -1.61. The molecule has 1 saturated carbocycles. The summed E-state index contributed by atoms with van der Waals surface area (Å²) in [5.41, 5.74) is 2.43. The number of rotatable bonds is 5. The van der Waals surface area contributed by atoms with Crippen LogP contribution in [-0.4, -0.2) is 22.4 Å². The summed E-state index contributed by atoms with van der Waals surface area (Å²) < 4.78 is 2.04. The van der Waals surface area contributed by atoms with Crippen molar-refractivity contribution in [3.63, 3.8) is 0 Å². The normalized spacial score (nSPS) is 16.4. The van der Waals surface area contributed by atoms with Crippen molar-refractivity contribution in [1.82, 2.24) is 15.1 Å². The third-order valence-electron chi connectivity index (χ3n) is 4.12. The van der Waals surface area contributed by atoms with E-state index < -0.39 is 0 Å². The van der Waals surface area contributed by atoms with Crippen LogP contribution in [0, 0.1) is 0 Å². The molecule has 1 aromatic heterocycles. The van der Waals surface area contributed by atoms with Gasteiger partial charge in [0.25, 0.3) is 0 Å². The number of nitrogens with one attached hydrogen (secondary N) is 1. The second kappa shape index (κ2) is 6.71. The third kappa shape index (κ3) is 3.48. The Bertz CT molecular complexity index is 512. The van der Waals surface area contributed by atoms with Gasteiger partial charge in [-0.05, 0) is 18.4 Å². The molecule has 1 heterocycles. The number of hydrogen-bond acceptors (Lipinski definition) is 2. The van der Waals surface area contributed by atoms with E-state index in [4.69, 9.17) is 0 Å². The molecular formula is C17H23N3. The second-order valence-electron chi connectivity index (χ2n) is 5.65. The SMILES string of the molecule is c1ccc(-c2cnn(CCNC3CCCCC3)c2)cc1. The van der Waals surface area contributed by atoms with Crippen molar-refractivity contribution < 1.29 is 0 Å². The first-order valence-corrected chi connectivity index (χ1v) is 7.73. The molecule has 3 rings (SSSR count). The molecule has 20 heavy (non-hydrogen) atoms. The highest BCUT2D eigenvalue weighted by atomic mass is 15.3. The molecule has 1 N–H and O–H groups in total. The molecule has 0 saturated heterocycles. The lowest BCUT2D eigenvalue weighted by Gasteiger charge is -2.22. The molecule has 106 valence electrons. The van der Waals surface area contributed by atoms with E-state index >= 15 is 0 Å². The van der Waals surface area contributed by atoms with Crippen molar-refractivity contribution in [2.45, 2.75) is 44.7 Å². The molecule has 0 amide bonds. The maximum Gasteiger partial charge on any atom is 0.0568 e. The molecule has 1 aliphatic carbocycles. The standard InChI is InChI=1S/C17H23N3/c1-3-7-15(8-4-1)16-13-19-20(14-16)12-11-18-17-9-5-2-6-10-17/h1,3-4,7-8,13-14,17-18H,2,5-6,9-12H2. The lowest BCUT2D eigenvalue weighted by molar-refractivity contribution is 0.365. The van der Waals surface area contributed by atoms with Gasteiger partial charge in [0, 0.05) is 24.3 Å². The van der Waals surface area contributed by atoms with E-state index in [-0.39, 0.29) is 0 Å². The Morgan fingerprint density at radius 2 is 1.85 bits per heavy atom. The third-order valence-corrected chi connectivity index (χ3v) is 4.12. The fourth-order valence-electron chi connectivity index (χ4n) is 2.96. The minimum atomic E-state index is 0.730. The van der Waals surface area contributed by atoms with Crippen LogP contribution >= 0.6 is 0 Å². The summed E-state index contributed by atoms with van der Waals surface area (Å²) in [6, 6.07) is 11.2. The summed E-state index contributed by atoms with van der Waals surface area (Å²) in [5, 5.41) is 8.11. The van der Waals surface area contributed by atoms with Crippen molar-refractivity contribution in [3.05, 3.63) is 42.7 Å². The van der Waals surface area contributed by atoms with Crippen molar-refractivity contribution >= 4 is 0 Å². The van der Waals surface area contributed by atoms with Gasteiger partial charge in [-0.15, -0.1) is 0 Å². The summed E-state index contributed by atoms with van der Waals surface area (Å²) >= 11 is 0. The zero-order chi connectivity index (χ0) is 13.6. The van der Waals surface area contributed by atoms with Crippen LogP contribution in [0.1, 0.15) is 32.1 Å². The van der Waals surface area contributed by atoms with Gasteiger partial charge in [0.2, 0.25) is 0 Å². The zero-order valence-electron chi connectivity index (χ0n) is 12.0. The molecule has 0 unspecified atom stereocenters. The number of aromatic nitrogens is 2. The summed E-state index contributed by atoms with van der Waals surface area (Å²) in [5.74, 6) is 0. The van der Waals surface area contributed by atoms with Crippen LogP contribution in [0.25, 0.3) is 11.1 Å². The smallest absolute Gasteiger partial charge is 0.0568 e. The first kappa shape index (κ1) is 13.4. The molecule has 3 heteroatoms. The van der Waals surface area contributed by atoms with E-state index in [0.717, 1.165) is 19.1 Å². The van der Waals surface area contributed by atoms with Crippen LogP contribution in [0.2, 0.25) is 0 Å². The zero-order valence-corrected chi connectivity index (χ0v) is 12.0. The van der Waals surface area contributed by atoms with Gasteiger partial charge in [0.1, 0.15) is 0 Å². The molecule has 1 aliphatic rings. The second-order valence-corrected chi connectivity index (χ2v) is 5.65. The maximum atomic E-state index is 4.45. The van der Waals surface area contributed by atoms with Gasteiger partial charge in [-0.2, -0.15) is 5.10 Å². The number of benzene rings is 1. The summed E-state index contributed by atoms with van der Waals surface area (Å²) in [6.45, 7) is 1.96. The van der Waals surface area contributed by atoms with E-state index in [1.54, 1.807) is 0 Å². The van der Waals surface area contributed by atoms with Crippen LogP contribution in [0.5, 0.6) is 0 Å². The minimum Gasteiger partial charge on any atom is -0.312 e. The maximum absolute atomic E-state index is 4.45. The quantitative estimate of drug-likeness (QED) is 0.900. The van der Waals surface area contributed by atoms with Gasteiger partial charge in [-0.25, -0.2) is 0 Å². The first-order valence-electron chi connectivity index (χ1n) is 7.73. The van der Waals surface area contributed by atoms with Gasteiger partial charge < -0.3 is 5.32 Å². The number of nitrogens with zero attached hydrogens (tertiary/aromatic N) is 2. The summed E-state index contributed by atoms with van der Waals surface area (Å²) in [4.78, 5) is 0. The average molecular weight is 269 g/mol. The fraction of sp³-hybridized carbons (Fsp3) is 0.471. The molecule has 1 aromatic carbocycles. The lowest BCUT2D eigenvalue weighted by atomic mass is 9.95. The van der Waals surface area contributed by atoms with Gasteiger partial charge in [0.15, 0.2) is 0 Å². The van der Waals surface area contributed by atoms with Crippen LogP contribution in [-0.2, 0) is 6.54 Å².